The number of hydrogen-bond donors (Lipinski definition) is 2. The lowest BCUT2D eigenvalue weighted by atomic mass is 10.1. The van der Waals surface area contributed by atoms with Gasteiger partial charge in [-0.25, -0.2) is 4.98 Å². The minimum atomic E-state index is -0.202. The summed E-state index contributed by atoms with van der Waals surface area (Å²) in [6.07, 6.45) is 4.48. The molecule has 0 bridgehead atoms. The fraction of sp³-hybridized carbons (Fsp3) is 0.467. The second-order valence-corrected chi connectivity index (χ2v) is 11.5. The van der Waals surface area contributed by atoms with Crippen molar-refractivity contribution in [3.05, 3.63) is 46.2 Å². The predicted octanol–water partition coefficient (Wildman–Crippen LogP) is 3.12. The Morgan fingerprint density at radius 2 is 1.72 bits per heavy atom. The van der Waals surface area contributed by atoms with Crippen LogP contribution < -0.4 is 35.1 Å². The summed E-state index contributed by atoms with van der Waals surface area (Å²) in [7, 11) is 0. The normalized spacial score (nSPS) is 16.5. The van der Waals surface area contributed by atoms with Crippen LogP contribution in [0.1, 0.15) is 44.1 Å². The van der Waals surface area contributed by atoms with E-state index in [4.69, 9.17) is 28.7 Å². The summed E-state index contributed by atoms with van der Waals surface area (Å²) in [6.45, 7) is 2.33. The minimum Gasteiger partial charge on any atom is -0.454 e. The molecular weight excluding hydrogens is 576 g/mol. The zero-order valence-corrected chi connectivity index (χ0v) is 24.5. The molecule has 1 atom stereocenters. The van der Waals surface area contributed by atoms with Crippen molar-refractivity contribution in [2.24, 2.45) is 0 Å². The molecule has 0 aliphatic carbocycles. The molecule has 1 aromatic heterocycles. The quantitative estimate of drug-likeness (QED) is 0.169. The number of rotatable bonds is 13. The van der Waals surface area contributed by atoms with E-state index < -0.39 is 0 Å². The minimum absolute atomic E-state index is 0.0384. The van der Waals surface area contributed by atoms with E-state index in [-0.39, 0.29) is 42.8 Å². The maximum Gasteiger partial charge on any atom is 0.262 e. The molecule has 0 saturated carbocycles. The van der Waals surface area contributed by atoms with Crippen LogP contribution in [-0.4, -0.2) is 60.0 Å². The predicted molar refractivity (Wildman–Crippen MR) is 158 cm³/mol. The van der Waals surface area contributed by atoms with Crippen molar-refractivity contribution >= 4 is 34.5 Å². The second kappa shape index (κ2) is 13.6. The van der Waals surface area contributed by atoms with Crippen molar-refractivity contribution in [3.8, 4) is 23.0 Å². The zero-order chi connectivity index (χ0) is 29.6. The van der Waals surface area contributed by atoms with E-state index >= 15 is 0 Å². The maximum atomic E-state index is 13.6. The number of unbranched alkanes of at least 4 members (excludes halogenated alkanes) is 2. The standard InChI is InChI=1S/C30H34N4O8S/c35-27(31-14-19-7-8-23-24(11-19)40-17-39-23)6-2-1-3-9-34-29(37)21-12-25-26(42-18-41-25)13-22(21)33-30(34)43-16-28(36)32-15-20-5-4-10-38-20/h7-8,11-13,20H,1-6,9-10,14-18H2,(H,31,35)(H,32,36)/t20-/m0/s1. The average molecular weight is 611 g/mol. The molecule has 3 aliphatic rings. The summed E-state index contributed by atoms with van der Waals surface area (Å²) < 4.78 is 28.8. The van der Waals surface area contributed by atoms with Gasteiger partial charge in [-0.15, -0.1) is 0 Å². The summed E-state index contributed by atoms with van der Waals surface area (Å²) in [5.41, 5.74) is 1.23. The van der Waals surface area contributed by atoms with E-state index in [0.29, 0.717) is 78.0 Å². The van der Waals surface area contributed by atoms with Crippen LogP contribution >= 0.6 is 11.8 Å². The second-order valence-electron chi connectivity index (χ2n) is 10.6. The fourth-order valence-corrected chi connectivity index (χ4v) is 6.04. The number of amides is 2. The van der Waals surface area contributed by atoms with Crippen LogP contribution in [0.25, 0.3) is 10.9 Å². The van der Waals surface area contributed by atoms with Gasteiger partial charge in [-0.1, -0.05) is 24.2 Å². The molecule has 3 aromatic rings. The first-order chi connectivity index (χ1) is 21.0. The Morgan fingerprint density at radius 1 is 0.930 bits per heavy atom. The third-order valence-electron chi connectivity index (χ3n) is 7.51. The van der Waals surface area contributed by atoms with Gasteiger partial charge in [-0.2, -0.15) is 0 Å². The van der Waals surface area contributed by atoms with Crippen molar-refractivity contribution in [1.82, 2.24) is 20.2 Å². The average Bonchev–Trinajstić information content (AvgIpc) is 3.80. The number of fused-ring (bicyclic) bond motifs is 3. The van der Waals surface area contributed by atoms with Crippen LogP contribution in [0.5, 0.6) is 23.0 Å². The van der Waals surface area contributed by atoms with Crippen molar-refractivity contribution in [2.45, 2.75) is 62.9 Å². The van der Waals surface area contributed by atoms with Gasteiger partial charge in [0.05, 0.1) is 22.8 Å². The molecule has 13 heteroatoms. The summed E-state index contributed by atoms with van der Waals surface area (Å²) >= 11 is 1.23. The number of carbonyl (C=O) groups is 2. The molecule has 2 amide bonds. The van der Waals surface area contributed by atoms with Crippen LogP contribution in [0.4, 0.5) is 0 Å². The van der Waals surface area contributed by atoms with Gasteiger partial charge in [-0.05, 0) is 49.4 Å². The number of hydrogen-bond acceptors (Lipinski definition) is 10. The molecule has 0 radical (unpaired) electrons. The van der Waals surface area contributed by atoms with Gasteiger partial charge in [-0.3, -0.25) is 19.0 Å². The van der Waals surface area contributed by atoms with Crippen molar-refractivity contribution in [1.29, 1.82) is 0 Å². The molecular formula is C30H34N4O8S. The third-order valence-corrected chi connectivity index (χ3v) is 8.49. The van der Waals surface area contributed by atoms with Crippen molar-refractivity contribution < 1.29 is 33.3 Å². The molecule has 6 rings (SSSR count). The summed E-state index contributed by atoms with van der Waals surface area (Å²) in [5.74, 6) is 2.40. The van der Waals surface area contributed by atoms with Crippen LogP contribution in [0.15, 0.2) is 40.3 Å². The lowest BCUT2D eigenvalue weighted by molar-refractivity contribution is -0.121. The molecule has 1 fully saturated rings. The summed E-state index contributed by atoms with van der Waals surface area (Å²) in [4.78, 5) is 43.3. The largest absolute Gasteiger partial charge is 0.454 e. The number of benzene rings is 2. The summed E-state index contributed by atoms with van der Waals surface area (Å²) in [5, 5.41) is 6.75. The Labute approximate surface area is 252 Å². The molecule has 3 aliphatic heterocycles. The molecule has 0 unspecified atom stereocenters. The first kappa shape index (κ1) is 29.1. The van der Waals surface area contributed by atoms with Crippen LogP contribution in [0.3, 0.4) is 0 Å². The van der Waals surface area contributed by atoms with Gasteiger partial charge < -0.3 is 34.3 Å². The van der Waals surface area contributed by atoms with E-state index in [1.54, 1.807) is 16.7 Å². The molecule has 0 spiro atoms. The lowest BCUT2D eigenvalue weighted by Crippen LogP contribution is -2.33. The van der Waals surface area contributed by atoms with Gasteiger partial charge in [0.25, 0.3) is 5.56 Å². The molecule has 228 valence electrons. The highest BCUT2D eigenvalue weighted by atomic mass is 32.2. The van der Waals surface area contributed by atoms with E-state index in [1.165, 1.54) is 11.8 Å². The molecule has 12 nitrogen and oxygen atoms in total. The van der Waals surface area contributed by atoms with Crippen LogP contribution in [-0.2, 0) is 27.4 Å². The SMILES string of the molecule is O=C(CCCCCn1c(SCC(=O)NC[C@@H]2CCCO2)nc2cc3c(cc2c1=O)OCO3)NCc1ccc2c(c1)OCO2. The monoisotopic (exact) mass is 610 g/mol. The fourth-order valence-electron chi connectivity index (χ4n) is 5.18. The lowest BCUT2D eigenvalue weighted by Gasteiger charge is -2.14. The van der Waals surface area contributed by atoms with Crippen LogP contribution in [0, 0.1) is 0 Å². The first-order valence-corrected chi connectivity index (χ1v) is 15.5. The number of nitrogens with zero attached hydrogens (tertiary/aromatic N) is 2. The van der Waals surface area contributed by atoms with E-state index in [1.807, 2.05) is 18.2 Å². The van der Waals surface area contributed by atoms with Crippen molar-refractivity contribution in [2.75, 3.05) is 32.5 Å². The Kier molecular flexibility index (Phi) is 9.18. The summed E-state index contributed by atoms with van der Waals surface area (Å²) in [6, 6.07) is 8.98. The molecule has 4 heterocycles. The van der Waals surface area contributed by atoms with Gasteiger partial charge in [0.2, 0.25) is 25.4 Å². The smallest absolute Gasteiger partial charge is 0.262 e. The van der Waals surface area contributed by atoms with Gasteiger partial charge in [0, 0.05) is 38.7 Å². The van der Waals surface area contributed by atoms with E-state index in [0.717, 1.165) is 31.4 Å². The van der Waals surface area contributed by atoms with Gasteiger partial charge >= 0.3 is 0 Å². The van der Waals surface area contributed by atoms with Gasteiger partial charge in [0.1, 0.15) is 0 Å². The molecule has 1 saturated heterocycles. The highest BCUT2D eigenvalue weighted by Crippen LogP contribution is 2.35. The third kappa shape index (κ3) is 7.16. The van der Waals surface area contributed by atoms with E-state index in [2.05, 4.69) is 10.6 Å². The molecule has 43 heavy (non-hydrogen) atoms. The number of aromatic nitrogens is 2. The number of carbonyl (C=O) groups excluding carboxylic acids is 2. The number of thioether (sulfide) groups is 1. The Balaban J connectivity index is 1.03. The van der Waals surface area contributed by atoms with E-state index in [9.17, 15) is 14.4 Å². The Hall–Kier alpha value is -3.97. The highest BCUT2D eigenvalue weighted by Gasteiger charge is 2.21. The molecule has 2 N–H and O–H groups in total. The topological polar surface area (TPSA) is 139 Å². The Bertz CT molecular complexity index is 1560. The van der Waals surface area contributed by atoms with Crippen molar-refractivity contribution in [3.63, 3.8) is 0 Å². The Morgan fingerprint density at radius 3 is 2.53 bits per heavy atom. The highest BCUT2D eigenvalue weighted by molar-refractivity contribution is 7.99. The maximum absolute atomic E-state index is 13.6. The number of ether oxygens (including phenoxy) is 5. The van der Waals surface area contributed by atoms with Crippen LogP contribution in [0.2, 0.25) is 0 Å². The first-order valence-electron chi connectivity index (χ1n) is 14.5. The zero-order valence-electron chi connectivity index (χ0n) is 23.7. The van der Waals surface area contributed by atoms with Gasteiger partial charge in [0.15, 0.2) is 28.2 Å². The number of nitrogens with one attached hydrogen (secondary N) is 2. The molecule has 2 aromatic carbocycles.